The van der Waals surface area contributed by atoms with Crippen molar-refractivity contribution in [2.45, 2.75) is 51.7 Å². The molecule has 1 aromatic carbocycles. The van der Waals surface area contributed by atoms with E-state index in [1.54, 1.807) is 4.68 Å². The van der Waals surface area contributed by atoms with Gasteiger partial charge in [-0.05, 0) is 28.8 Å². The average Bonchev–Trinajstić information content (AvgIpc) is 3.15. The fourth-order valence-electron chi connectivity index (χ4n) is 3.24. The second-order valence-corrected chi connectivity index (χ2v) is 6.16. The molecule has 2 aromatic rings. The summed E-state index contributed by atoms with van der Waals surface area (Å²) < 4.78 is 1.63. The molecule has 25 heavy (non-hydrogen) atoms. The Morgan fingerprint density at radius 2 is 1.88 bits per heavy atom. The third-order valence-electron chi connectivity index (χ3n) is 4.41. The fraction of sp³-hybridized carbons (Fsp3) is 0.471. The summed E-state index contributed by atoms with van der Waals surface area (Å²) in [4.78, 5) is 27.0. The van der Waals surface area contributed by atoms with Gasteiger partial charge in [0.05, 0.1) is 6.54 Å². The minimum absolute atomic E-state index is 0.0654. The van der Waals surface area contributed by atoms with Crippen molar-refractivity contribution in [2.75, 3.05) is 0 Å². The minimum Gasteiger partial charge on any atom is -0.319 e. The van der Waals surface area contributed by atoms with Crippen molar-refractivity contribution >= 4 is 11.9 Å². The number of hydrogen-bond donors (Lipinski definition) is 1. The van der Waals surface area contributed by atoms with Gasteiger partial charge in [0.25, 0.3) is 5.91 Å². The van der Waals surface area contributed by atoms with Crippen LogP contribution in [-0.4, -0.2) is 37.0 Å². The lowest BCUT2D eigenvalue weighted by Gasteiger charge is -2.26. The molecule has 1 atom stereocenters. The molecule has 0 saturated carbocycles. The van der Waals surface area contributed by atoms with Gasteiger partial charge < -0.3 is 5.32 Å². The van der Waals surface area contributed by atoms with Crippen LogP contribution in [0.2, 0.25) is 0 Å². The summed E-state index contributed by atoms with van der Waals surface area (Å²) in [5, 5.41) is 14.4. The highest BCUT2D eigenvalue weighted by Gasteiger charge is 2.51. The van der Waals surface area contributed by atoms with Gasteiger partial charge in [-0.3, -0.25) is 9.69 Å². The normalized spacial score (nSPS) is 20.2. The molecule has 1 N–H and O–H groups in total. The van der Waals surface area contributed by atoms with E-state index in [9.17, 15) is 9.59 Å². The summed E-state index contributed by atoms with van der Waals surface area (Å²) in [6, 6.07) is 8.97. The van der Waals surface area contributed by atoms with Crippen LogP contribution in [-0.2, 0) is 23.4 Å². The summed E-state index contributed by atoms with van der Waals surface area (Å²) in [5.41, 5.74) is -0.221. The molecule has 1 fully saturated rings. The number of amides is 3. The van der Waals surface area contributed by atoms with Crippen molar-refractivity contribution < 1.29 is 9.59 Å². The highest BCUT2D eigenvalue weighted by Crippen LogP contribution is 2.34. The van der Waals surface area contributed by atoms with E-state index in [1.165, 1.54) is 4.90 Å². The Hall–Kier alpha value is -2.77. The Kier molecular flexibility index (Phi) is 4.78. The van der Waals surface area contributed by atoms with E-state index in [4.69, 9.17) is 0 Å². The lowest BCUT2D eigenvalue weighted by Crippen LogP contribution is -2.43. The molecule has 0 spiro atoms. The molecule has 0 bridgehead atoms. The molecule has 3 rings (SSSR count). The number of imide groups is 1. The zero-order valence-corrected chi connectivity index (χ0v) is 14.5. The number of aromatic nitrogens is 4. The van der Waals surface area contributed by atoms with Gasteiger partial charge in [0.2, 0.25) is 0 Å². The van der Waals surface area contributed by atoms with Crippen LogP contribution >= 0.6 is 0 Å². The molecule has 0 unspecified atom stereocenters. The maximum absolute atomic E-state index is 13.2. The Morgan fingerprint density at radius 1 is 1.12 bits per heavy atom. The van der Waals surface area contributed by atoms with Gasteiger partial charge in [-0.25, -0.2) is 9.48 Å². The molecule has 2 heterocycles. The van der Waals surface area contributed by atoms with Crippen molar-refractivity contribution in [3.63, 3.8) is 0 Å². The predicted molar refractivity (Wildman–Crippen MR) is 90.2 cm³/mol. The number of hydrogen-bond acceptors (Lipinski definition) is 5. The van der Waals surface area contributed by atoms with Crippen molar-refractivity contribution in [2.24, 2.45) is 0 Å². The van der Waals surface area contributed by atoms with Crippen molar-refractivity contribution in [1.29, 1.82) is 0 Å². The first kappa shape index (κ1) is 17.1. The van der Waals surface area contributed by atoms with Crippen LogP contribution in [0, 0.1) is 0 Å². The number of rotatable bonds is 7. The first-order valence-corrected chi connectivity index (χ1v) is 8.57. The predicted octanol–water partition coefficient (Wildman–Crippen LogP) is 1.83. The maximum atomic E-state index is 13.2. The monoisotopic (exact) mass is 342 g/mol. The number of tetrazole rings is 1. The molecule has 8 nitrogen and oxygen atoms in total. The van der Waals surface area contributed by atoms with E-state index < -0.39 is 11.6 Å². The highest BCUT2D eigenvalue weighted by atomic mass is 16.2. The van der Waals surface area contributed by atoms with Crippen LogP contribution in [0.4, 0.5) is 4.79 Å². The van der Waals surface area contributed by atoms with Crippen LogP contribution in [0.3, 0.4) is 0 Å². The standard InChI is InChI=1S/C17H22N6O2/c1-3-10-17(13-8-6-5-7-9-13)15(24)22(16(25)18-17)12-14-19-20-21-23(14)11-4-2/h5-9H,3-4,10-12H2,1-2H3,(H,18,25)/t17-/m1/s1. The summed E-state index contributed by atoms with van der Waals surface area (Å²) in [6.45, 7) is 4.72. The van der Waals surface area contributed by atoms with E-state index in [0.717, 1.165) is 18.4 Å². The third kappa shape index (κ3) is 2.99. The number of nitrogens with one attached hydrogen (secondary N) is 1. The Bertz CT molecular complexity index is 760. The van der Waals surface area contributed by atoms with Gasteiger partial charge >= 0.3 is 6.03 Å². The number of benzene rings is 1. The molecular weight excluding hydrogens is 320 g/mol. The molecule has 0 radical (unpaired) electrons. The smallest absolute Gasteiger partial charge is 0.319 e. The van der Waals surface area contributed by atoms with E-state index >= 15 is 0 Å². The van der Waals surface area contributed by atoms with Crippen molar-refractivity contribution in [3.8, 4) is 0 Å². The zero-order chi connectivity index (χ0) is 17.9. The van der Waals surface area contributed by atoms with Crippen LogP contribution in [0.1, 0.15) is 44.5 Å². The van der Waals surface area contributed by atoms with Crippen molar-refractivity contribution in [1.82, 2.24) is 30.4 Å². The van der Waals surface area contributed by atoms with Crippen LogP contribution in [0.25, 0.3) is 0 Å². The molecule has 132 valence electrons. The highest BCUT2D eigenvalue weighted by molar-refractivity contribution is 6.07. The fourth-order valence-corrected chi connectivity index (χ4v) is 3.24. The average molecular weight is 342 g/mol. The van der Waals surface area contributed by atoms with E-state index in [0.29, 0.717) is 18.8 Å². The number of aryl methyl sites for hydroxylation is 1. The number of carbonyl (C=O) groups is 2. The topological polar surface area (TPSA) is 93.0 Å². The van der Waals surface area contributed by atoms with Crippen LogP contribution in [0.5, 0.6) is 0 Å². The Balaban J connectivity index is 1.91. The van der Waals surface area contributed by atoms with E-state index in [-0.39, 0.29) is 12.5 Å². The van der Waals surface area contributed by atoms with Gasteiger partial charge in [-0.1, -0.05) is 50.6 Å². The number of urea groups is 1. The Labute approximate surface area is 146 Å². The van der Waals surface area contributed by atoms with Gasteiger partial charge in [-0.15, -0.1) is 5.10 Å². The molecule has 3 amide bonds. The lowest BCUT2D eigenvalue weighted by atomic mass is 9.85. The molecule has 1 aliphatic heterocycles. The van der Waals surface area contributed by atoms with Crippen LogP contribution < -0.4 is 5.32 Å². The van der Waals surface area contributed by atoms with Crippen molar-refractivity contribution in [3.05, 3.63) is 41.7 Å². The molecule has 1 aliphatic rings. The second kappa shape index (κ2) is 7.00. The quantitative estimate of drug-likeness (QED) is 0.775. The summed E-state index contributed by atoms with van der Waals surface area (Å²) >= 11 is 0. The summed E-state index contributed by atoms with van der Waals surface area (Å²) in [6.07, 6.45) is 2.17. The van der Waals surface area contributed by atoms with Gasteiger partial charge in [0.1, 0.15) is 5.54 Å². The molecule has 1 saturated heterocycles. The van der Waals surface area contributed by atoms with E-state index in [2.05, 4.69) is 20.8 Å². The van der Waals surface area contributed by atoms with Gasteiger partial charge in [0, 0.05) is 6.54 Å². The lowest BCUT2D eigenvalue weighted by molar-refractivity contribution is -0.132. The number of carbonyl (C=O) groups excluding carboxylic acids is 2. The molecular formula is C17H22N6O2. The first-order chi connectivity index (χ1) is 12.1. The van der Waals surface area contributed by atoms with E-state index in [1.807, 2.05) is 44.2 Å². The number of nitrogens with zero attached hydrogens (tertiary/aromatic N) is 5. The second-order valence-electron chi connectivity index (χ2n) is 6.16. The minimum atomic E-state index is -1.02. The first-order valence-electron chi connectivity index (χ1n) is 8.57. The summed E-state index contributed by atoms with van der Waals surface area (Å²) in [7, 11) is 0. The largest absolute Gasteiger partial charge is 0.325 e. The van der Waals surface area contributed by atoms with Gasteiger partial charge in [-0.2, -0.15) is 0 Å². The summed E-state index contributed by atoms with van der Waals surface area (Å²) in [5.74, 6) is 0.252. The molecule has 8 heteroatoms. The SMILES string of the molecule is CCCn1nnnc1CN1C(=O)N[C@](CCC)(c2ccccc2)C1=O. The zero-order valence-electron chi connectivity index (χ0n) is 14.5. The molecule has 1 aromatic heterocycles. The third-order valence-corrected chi connectivity index (χ3v) is 4.41. The van der Waals surface area contributed by atoms with Gasteiger partial charge in [0.15, 0.2) is 5.82 Å². The maximum Gasteiger partial charge on any atom is 0.325 e. The molecule has 0 aliphatic carbocycles. The van der Waals surface area contributed by atoms with Crippen LogP contribution in [0.15, 0.2) is 30.3 Å². The Morgan fingerprint density at radius 3 is 2.56 bits per heavy atom.